The molecule has 3 aromatic carbocycles. The number of rotatable bonds is 8. The van der Waals surface area contributed by atoms with Gasteiger partial charge in [-0.25, -0.2) is 4.79 Å². The van der Waals surface area contributed by atoms with Crippen molar-refractivity contribution in [3.63, 3.8) is 0 Å². The molecule has 0 aromatic heterocycles. The Morgan fingerprint density at radius 3 is 2.52 bits per heavy atom. The Labute approximate surface area is 197 Å². The van der Waals surface area contributed by atoms with E-state index in [1.54, 1.807) is 36.4 Å². The number of halogens is 1. The highest BCUT2D eigenvalue weighted by atomic mass is 79.9. The highest BCUT2D eigenvalue weighted by Gasteiger charge is 2.14. The Hall–Kier alpha value is -4.16. The minimum absolute atomic E-state index is 0.104. The molecule has 0 spiro atoms. The molecule has 3 aromatic rings. The monoisotopic (exact) mass is 508 g/mol. The number of aromatic carboxylic acids is 1. The summed E-state index contributed by atoms with van der Waals surface area (Å²) in [6, 6.07) is 17.7. The number of nitrogens with zero attached hydrogens (tertiary/aromatic N) is 2. The number of nitriles is 1. The van der Waals surface area contributed by atoms with Crippen molar-refractivity contribution < 1.29 is 24.3 Å². The average molecular weight is 509 g/mol. The third kappa shape index (κ3) is 5.75. The molecule has 0 saturated heterocycles. The van der Waals surface area contributed by atoms with Crippen LogP contribution in [0, 0.1) is 21.4 Å². The normalized spacial score (nSPS) is 10.9. The molecule has 8 nitrogen and oxygen atoms in total. The lowest BCUT2D eigenvalue weighted by molar-refractivity contribution is -0.384. The molecule has 0 unspecified atom stereocenters. The zero-order valence-corrected chi connectivity index (χ0v) is 18.9. The van der Waals surface area contributed by atoms with Crippen LogP contribution in [0.4, 0.5) is 5.69 Å². The topological polar surface area (TPSA) is 123 Å². The van der Waals surface area contributed by atoms with Crippen LogP contribution in [0.15, 0.2) is 65.1 Å². The second-order valence-electron chi connectivity index (χ2n) is 6.80. The van der Waals surface area contributed by atoms with E-state index in [9.17, 15) is 20.2 Å². The second kappa shape index (κ2) is 10.4. The van der Waals surface area contributed by atoms with Crippen molar-refractivity contribution in [3.8, 4) is 17.6 Å². The molecule has 0 amide bonds. The summed E-state index contributed by atoms with van der Waals surface area (Å²) in [6.07, 6.45) is 1.60. The molecule has 0 saturated carbocycles. The summed E-state index contributed by atoms with van der Waals surface area (Å²) in [6.45, 7) is 0.182. The van der Waals surface area contributed by atoms with Crippen LogP contribution in [-0.4, -0.2) is 23.1 Å². The van der Waals surface area contributed by atoms with Gasteiger partial charge in [0.25, 0.3) is 5.69 Å². The van der Waals surface area contributed by atoms with Gasteiger partial charge in [0, 0.05) is 12.1 Å². The number of hydrogen-bond acceptors (Lipinski definition) is 6. The molecule has 0 aliphatic carbocycles. The Bertz CT molecular complexity index is 1280. The zero-order chi connectivity index (χ0) is 24.0. The second-order valence-corrected chi connectivity index (χ2v) is 7.66. The molecule has 3 rings (SSSR count). The lowest BCUT2D eigenvalue weighted by Crippen LogP contribution is -2.01. The van der Waals surface area contributed by atoms with Crippen LogP contribution in [-0.2, 0) is 6.61 Å². The Balaban J connectivity index is 1.87. The minimum Gasteiger partial charge on any atom is -0.493 e. The summed E-state index contributed by atoms with van der Waals surface area (Å²) in [5, 5.41) is 29.6. The first-order valence-corrected chi connectivity index (χ1v) is 10.3. The number of benzene rings is 3. The van der Waals surface area contributed by atoms with Crippen LogP contribution < -0.4 is 9.47 Å². The maximum absolute atomic E-state index is 11.0. The summed E-state index contributed by atoms with van der Waals surface area (Å²) in [4.78, 5) is 21.5. The molecule has 33 heavy (non-hydrogen) atoms. The van der Waals surface area contributed by atoms with Crippen LogP contribution >= 0.6 is 15.9 Å². The van der Waals surface area contributed by atoms with Gasteiger partial charge in [-0.1, -0.05) is 24.3 Å². The number of hydrogen-bond donors (Lipinski definition) is 1. The number of ether oxygens (including phenoxy) is 2. The first-order valence-electron chi connectivity index (χ1n) is 9.51. The maximum Gasteiger partial charge on any atom is 0.335 e. The third-order valence-electron chi connectivity index (χ3n) is 4.64. The minimum atomic E-state index is -1.00. The van der Waals surface area contributed by atoms with E-state index in [1.165, 1.54) is 37.4 Å². The van der Waals surface area contributed by atoms with E-state index in [1.807, 2.05) is 0 Å². The van der Waals surface area contributed by atoms with Gasteiger partial charge < -0.3 is 14.6 Å². The predicted octanol–water partition coefficient (Wildman–Crippen LogP) is 5.71. The lowest BCUT2D eigenvalue weighted by Gasteiger charge is -2.14. The highest BCUT2D eigenvalue weighted by Crippen LogP contribution is 2.38. The quantitative estimate of drug-likeness (QED) is 0.179. The molecule has 166 valence electrons. The SMILES string of the molecule is COc1cc(/C=C(/C#N)c2cccc([N+](=O)[O-])c2)cc(Br)c1OCc1ccc(C(=O)O)cc1. The van der Waals surface area contributed by atoms with Gasteiger partial charge in [-0.05, 0) is 63.0 Å². The zero-order valence-electron chi connectivity index (χ0n) is 17.3. The van der Waals surface area contributed by atoms with Crippen molar-refractivity contribution in [1.82, 2.24) is 0 Å². The summed E-state index contributed by atoms with van der Waals surface area (Å²) >= 11 is 3.46. The van der Waals surface area contributed by atoms with Crippen LogP contribution in [0.1, 0.15) is 27.0 Å². The van der Waals surface area contributed by atoms with E-state index in [2.05, 4.69) is 22.0 Å². The molecule has 0 radical (unpaired) electrons. The van der Waals surface area contributed by atoms with Crippen molar-refractivity contribution in [3.05, 3.63) is 97.5 Å². The largest absolute Gasteiger partial charge is 0.493 e. The van der Waals surface area contributed by atoms with Gasteiger partial charge in [-0.2, -0.15) is 5.26 Å². The summed E-state index contributed by atoms with van der Waals surface area (Å²) in [5.74, 6) is -0.155. The van der Waals surface area contributed by atoms with Crippen molar-refractivity contribution >= 4 is 39.2 Å². The number of nitro groups is 1. The summed E-state index contributed by atoms with van der Waals surface area (Å²) < 4.78 is 11.9. The van der Waals surface area contributed by atoms with Gasteiger partial charge in [-0.15, -0.1) is 0 Å². The fourth-order valence-electron chi connectivity index (χ4n) is 3.00. The number of methoxy groups -OCH3 is 1. The number of allylic oxidation sites excluding steroid dienone is 1. The number of carboxylic acids is 1. The standard InChI is InChI=1S/C24H17BrN2O6/c1-32-22-11-16(9-19(13-26)18-3-2-4-20(12-18)27(30)31)10-21(25)23(22)33-14-15-5-7-17(8-6-15)24(28)29/h2-12H,14H2,1H3,(H,28,29)/b19-9-. The van der Waals surface area contributed by atoms with Crippen molar-refractivity contribution in [2.75, 3.05) is 7.11 Å². The first-order chi connectivity index (χ1) is 15.8. The van der Waals surface area contributed by atoms with E-state index >= 15 is 0 Å². The number of carbonyl (C=O) groups is 1. The predicted molar refractivity (Wildman–Crippen MR) is 125 cm³/mol. The van der Waals surface area contributed by atoms with Crippen LogP contribution in [0.2, 0.25) is 0 Å². The molecular formula is C24H17BrN2O6. The molecule has 0 atom stereocenters. The molecule has 0 bridgehead atoms. The number of carboxylic acid groups (broad SMARTS) is 1. The van der Waals surface area contributed by atoms with Gasteiger partial charge in [-0.3, -0.25) is 10.1 Å². The van der Waals surface area contributed by atoms with E-state index in [0.717, 1.165) is 5.56 Å². The Morgan fingerprint density at radius 2 is 1.91 bits per heavy atom. The van der Waals surface area contributed by atoms with Gasteiger partial charge in [0.1, 0.15) is 6.61 Å². The Kier molecular flexibility index (Phi) is 7.43. The van der Waals surface area contributed by atoms with Crippen molar-refractivity contribution in [2.45, 2.75) is 6.61 Å². The fourth-order valence-corrected chi connectivity index (χ4v) is 3.57. The maximum atomic E-state index is 11.0. The van der Waals surface area contributed by atoms with Crippen LogP contribution in [0.25, 0.3) is 11.6 Å². The van der Waals surface area contributed by atoms with Gasteiger partial charge in [0.05, 0.1) is 33.7 Å². The molecular weight excluding hydrogens is 492 g/mol. The van der Waals surface area contributed by atoms with Crippen LogP contribution in [0.3, 0.4) is 0 Å². The summed E-state index contributed by atoms with van der Waals surface area (Å²) in [7, 11) is 1.48. The first kappa shape index (κ1) is 23.5. The smallest absolute Gasteiger partial charge is 0.335 e. The Morgan fingerprint density at radius 1 is 1.18 bits per heavy atom. The van der Waals surface area contributed by atoms with E-state index < -0.39 is 10.9 Å². The molecule has 0 fully saturated rings. The van der Waals surface area contributed by atoms with E-state index in [4.69, 9.17) is 14.6 Å². The van der Waals surface area contributed by atoms with E-state index in [0.29, 0.717) is 27.1 Å². The molecule has 1 N–H and O–H groups in total. The van der Waals surface area contributed by atoms with Crippen LogP contribution in [0.5, 0.6) is 11.5 Å². The van der Waals surface area contributed by atoms with Gasteiger partial charge in [0.15, 0.2) is 11.5 Å². The molecule has 0 heterocycles. The molecule has 0 aliphatic rings. The third-order valence-corrected chi connectivity index (χ3v) is 5.22. The van der Waals surface area contributed by atoms with Gasteiger partial charge >= 0.3 is 5.97 Å². The van der Waals surface area contributed by atoms with E-state index in [-0.39, 0.29) is 23.4 Å². The lowest BCUT2D eigenvalue weighted by atomic mass is 10.0. The summed E-state index contributed by atoms with van der Waals surface area (Å²) in [5.41, 5.74) is 2.15. The average Bonchev–Trinajstić information content (AvgIpc) is 2.81. The number of nitro benzene ring substituents is 1. The fraction of sp³-hybridized carbons (Fsp3) is 0.0833. The van der Waals surface area contributed by atoms with Crippen molar-refractivity contribution in [2.24, 2.45) is 0 Å². The molecule has 9 heteroatoms. The van der Waals surface area contributed by atoms with Gasteiger partial charge in [0.2, 0.25) is 0 Å². The molecule has 0 aliphatic heterocycles. The number of non-ortho nitro benzene ring substituents is 1. The van der Waals surface area contributed by atoms with Crippen molar-refractivity contribution in [1.29, 1.82) is 5.26 Å². The highest BCUT2D eigenvalue weighted by molar-refractivity contribution is 9.10.